The van der Waals surface area contributed by atoms with Gasteiger partial charge in [-0.25, -0.2) is 4.98 Å². The van der Waals surface area contributed by atoms with Crippen molar-refractivity contribution in [1.29, 1.82) is 0 Å². The second-order valence-corrected chi connectivity index (χ2v) is 6.63. The molecule has 25 heavy (non-hydrogen) atoms. The quantitative estimate of drug-likeness (QED) is 0.850. The van der Waals surface area contributed by atoms with E-state index >= 15 is 0 Å². The van der Waals surface area contributed by atoms with Crippen molar-refractivity contribution < 1.29 is 4.79 Å². The van der Waals surface area contributed by atoms with Crippen molar-refractivity contribution in [1.82, 2.24) is 9.88 Å². The maximum absolute atomic E-state index is 12.3. The summed E-state index contributed by atoms with van der Waals surface area (Å²) in [4.78, 5) is 21.1. The molecule has 1 aliphatic heterocycles. The number of piperazine rings is 1. The second kappa shape index (κ2) is 7.85. The highest BCUT2D eigenvalue weighted by atomic mass is 35.5. The summed E-state index contributed by atoms with van der Waals surface area (Å²) in [6.07, 6.45) is 1.53. The highest BCUT2D eigenvalue weighted by Gasteiger charge is 2.17. The Bertz CT molecular complexity index is 757. The molecule has 0 aliphatic carbocycles. The summed E-state index contributed by atoms with van der Waals surface area (Å²) in [5, 5.41) is 3.23. The molecule has 0 bridgehead atoms. The number of aromatic nitrogens is 1. The molecule has 2 heterocycles. The number of carbonyl (C=O) groups is 1. The van der Waals surface area contributed by atoms with E-state index in [4.69, 9.17) is 11.6 Å². The van der Waals surface area contributed by atoms with Gasteiger partial charge in [0.25, 0.3) is 5.91 Å². The van der Waals surface area contributed by atoms with Gasteiger partial charge in [0.2, 0.25) is 0 Å². The monoisotopic (exact) mass is 358 g/mol. The van der Waals surface area contributed by atoms with Crippen LogP contribution in [0.3, 0.4) is 0 Å². The first kappa shape index (κ1) is 17.7. The number of benzene rings is 1. The summed E-state index contributed by atoms with van der Waals surface area (Å²) in [7, 11) is 0. The molecule has 0 radical (unpaired) electrons. The van der Waals surface area contributed by atoms with Crippen LogP contribution in [-0.4, -0.2) is 48.5 Å². The minimum absolute atomic E-state index is 0.187. The van der Waals surface area contributed by atoms with Crippen LogP contribution in [0.5, 0.6) is 0 Å². The molecule has 1 aromatic heterocycles. The largest absolute Gasteiger partial charge is 0.369 e. The van der Waals surface area contributed by atoms with E-state index in [0.717, 1.165) is 44.0 Å². The standard InChI is InChI=1S/C19H23ClN4O/c1-3-23-8-10-24(11-9-23)17-5-4-16(12-14(17)2)22-19(25)15-6-7-21-18(20)13-15/h4-7,12-13H,3,8-11H2,1-2H3,(H,22,25). The van der Waals surface area contributed by atoms with E-state index in [0.29, 0.717) is 10.7 Å². The van der Waals surface area contributed by atoms with Gasteiger partial charge in [-0.1, -0.05) is 18.5 Å². The van der Waals surface area contributed by atoms with Crippen LogP contribution in [0.2, 0.25) is 5.15 Å². The van der Waals surface area contributed by atoms with Crippen molar-refractivity contribution in [2.45, 2.75) is 13.8 Å². The molecule has 1 fully saturated rings. The average molecular weight is 359 g/mol. The zero-order valence-electron chi connectivity index (χ0n) is 14.6. The smallest absolute Gasteiger partial charge is 0.255 e. The van der Waals surface area contributed by atoms with E-state index in [1.54, 1.807) is 12.1 Å². The molecular weight excluding hydrogens is 336 g/mol. The van der Waals surface area contributed by atoms with Gasteiger partial charge in [-0.2, -0.15) is 0 Å². The van der Waals surface area contributed by atoms with Crippen molar-refractivity contribution in [2.75, 3.05) is 42.9 Å². The molecule has 132 valence electrons. The molecule has 1 aliphatic rings. The average Bonchev–Trinajstić information content (AvgIpc) is 2.62. The SMILES string of the molecule is CCN1CCN(c2ccc(NC(=O)c3ccnc(Cl)c3)cc2C)CC1. The molecule has 0 spiro atoms. The summed E-state index contributed by atoms with van der Waals surface area (Å²) < 4.78 is 0. The molecule has 5 nitrogen and oxygen atoms in total. The van der Waals surface area contributed by atoms with Crippen LogP contribution in [0, 0.1) is 6.92 Å². The molecular formula is C19H23ClN4O. The summed E-state index contributed by atoms with van der Waals surface area (Å²) in [5.74, 6) is -0.187. The lowest BCUT2D eigenvalue weighted by molar-refractivity contribution is 0.102. The van der Waals surface area contributed by atoms with Gasteiger partial charge < -0.3 is 15.1 Å². The van der Waals surface area contributed by atoms with Gasteiger partial charge in [0.1, 0.15) is 5.15 Å². The fourth-order valence-corrected chi connectivity index (χ4v) is 3.31. The van der Waals surface area contributed by atoms with E-state index in [-0.39, 0.29) is 5.91 Å². The lowest BCUT2D eigenvalue weighted by Gasteiger charge is -2.36. The molecule has 0 saturated carbocycles. The van der Waals surface area contributed by atoms with Gasteiger partial charge in [-0.05, 0) is 49.4 Å². The normalized spacial score (nSPS) is 15.2. The molecule has 1 saturated heterocycles. The Morgan fingerprint density at radius 1 is 1.20 bits per heavy atom. The number of hydrogen-bond donors (Lipinski definition) is 1. The van der Waals surface area contributed by atoms with Crippen LogP contribution in [-0.2, 0) is 0 Å². The van der Waals surface area contributed by atoms with Gasteiger partial charge in [-0.15, -0.1) is 0 Å². The molecule has 1 N–H and O–H groups in total. The van der Waals surface area contributed by atoms with Gasteiger partial charge in [-0.3, -0.25) is 4.79 Å². The van der Waals surface area contributed by atoms with Crippen molar-refractivity contribution in [3.8, 4) is 0 Å². The fourth-order valence-electron chi connectivity index (χ4n) is 3.14. The van der Waals surface area contributed by atoms with Crippen LogP contribution < -0.4 is 10.2 Å². The highest BCUT2D eigenvalue weighted by molar-refractivity contribution is 6.29. The lowest BCUT2D eigenvalue weighted by Crippen LogP contribution is -2.46. The van der Waals surface area contributed by atoms with E-state index in [1.165, 1.54) is 11.9 Å². The Balaban J connectivity index is 1.69. The Hall–Kier alpha value is -2.11. The van der Waals surface area contributed by atoms with Crippen LogP contribution >= 0.6 is 11.6 Å². The Kier molecular flexibility index (Phi) is 5.56. The van der Waals surface area contributed by atoms with Crippen LogP contribution in [0.4, 0.5) is 11.4 Å². The Morgan fingerprint density at radius 3 is 2.60 bits per heavy atom. The number of aryl methyl sites for hydroxylation is 1. The maximum Gasteiger partial charge on any atom is 0.255 e. The number of amides is 1. The molecule has 0 atom stereocenters. The third kappa shape index (κ3) is 4.30. The van der Waals surface area contributed by atoms with E-state index < -0.39 is 0 Å². The van der Waals surface area contributed by atoms with Crippen molar-refractivity contribution in [2.24, 2.45) is 0 Å². The van der Waals surface area contributed by atoms with Crippen LogP contribution in [0.1, 0.15) is 22.8 Å². The van der Waals surface area contributed by atoms with Gasteiger partial charge in [0, 0.05) is 49.3 Å². The summed E-state index contributed by atoms with van der Waals surface area (Å²) >= 11 is 5.84. The van der Waals surface area contributed by atoms with E-state index in [2.05, 4.69) is 40.0 Å². The number of rotatable bonds is 4. The molecule has 3 rings (SSSR count). The topological polar surface area (TPSA) is 48.5 Å². The number of halogens is 1. The number of hydrogen-bond acceptors (Lipinski definition) is 4. The van der Waals surface area contributed by atoms with Gasteiger partial charge in [0.05, 0.1) is 0 Å². The number of carbonyl (C=O) groups excluding carboxylic acids is 1. The number of anilines is 2. The van der Waals surface area contributed by atoms with Crippen LogP contribution in [0.25, 0.3) is 0 Å². The molecule has 2 aromatic rings. The summed E-state index contributed by atoms with van der Waals surface area (Å²) in [6, 6.07) is 9.27. The molecule has 0 unspecified atom stereocenters. The first-order valence-corrected chi connectivity index (χ1v) is 8.95. The third-order valence-electron chi connectivity index (χ3n) is 4.60. The van der Waals surface area contributed by atoms with Gasteiger partial charge >= 0.3 is 0 Å². The molecule has 1 aromatic carbocycles. The molecule has 6 heteroatoms. The Labute approximate surface area is 153 Å². The van der Waals surface area contributed by atoms with Crippen molar-refractivity contribution >= 4 is 28.9 Å². The minimum Gasteiger partial charge on any atom is -0.369 e. The fraction of sp³-hybridized carbons (Fsp3) is 0.368. The zero-order chi connectivity index (χ0) is 17.8. The number of pyridine rings is 1. The van der Waals surface area contributed by atoms with E-state index in [1.807, 2.05) is 12.1 Å². The predicted octanol–water partition coefficient (Wildman–Crippen LogP) is 3.44. The first-order valence-electron chi connectivity index (χ1n) is 8.57. The Morgan fingerprint density at radius 2 is 1.96 bits per heavy atom. The zero-order valence-corrected chi connectivity index (χ0v) is 15.4. The van der Waals surface area contributed by atoms with Crippen molar-refractivity contribution in [3.05, 3.63) is 52.8 Å². The predicted molar refractivity (Wildman–Crippen MR) is 103 cm³/mol. The minimum atomic E-state index is -0.187. The van der Waals surface area contributed by atoms with E-state index in [9.17, 15) is 4.79 Å². The lowest BCUT2D eigenvalue weighted by atomic mass is 10.1. The summed E-state index contributed by atoms with van der Waals surface area (Å²) in [5.41, 5.74) is 3.68. The number of likely N-dealkylation sites (N-methyl/N-ethyl adjacent to an activating group) is 1. The first-order chi connectivity index (χ1) is 12.1. The molecule has 1 amide bonds. The maximum atomic E-state index is 12.3. The van der Waals surface area contributed by atoms with Crippen LogP contribution in [0.15, 0.2) is 36.5 Å². The summed E-state index contributed by atoms with van der Waals surface area (Å²) in [6.45, 7) is 9.66. The van der Waals surface area contributed by atoms with Crippen molar-refractivity contribution in [3.63, 3.8) is 0 Å². The third-order valence-corrected chi connectivity index (χ3v) is 4.81. The number of nitrogens with one attached hydrogen (secondary N) is 1. The highest BCUT2D eigenvalue weighted by Crippen LogP contribution is 2.25. The number of nitrogens with zero attached hydrogens (tertiary/aromatic N) is 3. The van der Waals surface area contributed by atoms with Gasteiger partial charge in [0.15, 0.2) is 0 Å². The second-order valence-electron chi connectivity index (χ2n) is 6.24.